The highest BCUT2D eigenvalue weighted by atomic mass is 32.2. The average Bonchev–Trinajstić information content (AvgIpc) is 2.30. The number of nitrogens with one attached hydrogen (secondary N) is 1. The van der Waals surface area contributed by atoms with Crippen molar-refractivity contribution < 1.29 is 14.3 Å². The maximum absolute atomic E-state index is 12.8. The molecule has 0 aliphatic rings. The van der Waals surface area contributed by atoms with E-state index in [-0.39, 0.29) is 11.4 Å². The van der Waals surface area contributed by atoms with Crippen LogP contribution in [0.3, 0.4) is 0 Å². The van der Waals surface area contributed by atoms with Gasteiger partial charge in [0.25, 0.3) is 0 Å². The van der Waals surface area contributed by atoms with Crippen molar-refractivity contribution in [3.63, 3.8) is 0 Å². The summed E-state index contributed by atoms with van der Waals surface area (Å²) in [7, 11) is 0. The van der Waals surface area contributed by atoms with E-state index < -0.39 is 11.8 Å². The SMILES string of the molecule is CSCCCCNc1ncc(F)cc1C(=O)O. The molecule has 0 bridgehead atoms. The van der Waals surface area contributed by atoms with Crippen LogP contribution in [-0.4, -0.2) is 34.6 Å². The summed E-state index contributed by atoms with van der Waals surface area (Å²) < 4.78 is 12.8. The molecule has 0 unspecified atom stereocenters. The number of unbranched alkanes of at least 4 members (excludes halogenated alkanes) is 1. The number of aromatic carboxylic acids is 1. The highest BCUT2D eigenvalue weighted by Gasteiger charge is 2.12. The summed E-state index contributed by atoms with van der Waals surface area (Å²) in [5.74, 6) is -0.522. The van der Waals surface area contributed by atoms with Crippen LogP contribution >= 0.6 is 11.8 Å². The van der Waals surface area contributed by atoms with Crippen molar-refractivity contribution >= 4 is 23.5 Å². The maximum Gasteiger partial charge on any atom is 0.339 e. The summed E-state index contributed by atoms with van der Waals surface area (Å²) in [6.45, 7) is 0.638. The molecular weight excluding hydrogens is 243 g/mol. The second-order valence-corrected chi connectivity index (χ2v) is 4.47. The van der Waals surface area contributed by atoms with Gasteiger partial charge in [-0.2, -0.15) is 11.8 Å². The van der Waals surface area contributed by atoms with Gasteiger partial charge in [-0.25, -0.2) is 14.2 Å². The van der Waals surface area contributed by atoms with E-state index in [4.69, 9.17) is 5.11 Å². The van der Waals surface area contributed by atoms with Crippen LogP contribution < -0.4 is 5.32 Å². The Morgan fingerprint density at radius 2 is 2.35 bits per heavy atom. The molecule has 1 heterocycles. The molecule has 1 rings (SSSR count). The minimum Gasteiger partial charge on any atom is -0.478 e. The minimum atomic E-state index is -1.18. The van der Waals surface area contributed by atoms with Crippen molar-refractivity contribution in [1.29, 1.82) is 0 Å². The number of carboxylic acids is 1. The molecule has 0 spiro atoms. The van der Waals surface area contributed by atoms with Gasteiger partial charge in [-0.3, -0.25) is 0 Å². The van der Waals surface area contributed by atoms with E-state index in [1.807, 2.05) is 6.26 Å². The van der Waals surface area contributed by atoms with E-state index in [2.05, 4.69) is 10.3 Å². The third-order valence-corrected chi connectivity index (χ3v) is 2.85. The third-order valence-electron chi connectivity index (χ3n) is 2.15. The molecule has 0 amide bonds. The van der Waals surface area contributed by atoms with Gasteiger partial charge in [-0.15, -0.1) is 0 Å². The Kier molecular flexibility index (Phi) is 5.76. The average molecular weight is 258 g/mol. The summed E-state index contributed by atoms with van der Waals surface area (Å²) in [6, 6.07) is 0.972. The molecule has 6 heteroatoms. The maximum atomic E-state index is 12.8. The van der Waals surface area contributed by atoms with Crippen LogP contribution in [-0.2, 0) is 0 Å². The van der Waals surface area contributed by atoms with Crippen molar-refractivity contribution in [2.75, 3.05) is 23.9 Å². The number of pyridine rings is 1. The zero-order valence-electron chi connectivity index (χ0n) is 9.57. The van der Waals surface area contributed by atoms with Crippen LogP contribution in [0.5, 0.6) is 0 Å². The first kappa shape index (κ1) is 13.8. The van der Waals surface area contributed by atoms with Crippen molar-refractivity contribution in [2.24, 2.45) is 0 Å². The Morgan fingerprint density at radius 3 is 3.00 bits per heavy atom. The fraction of sp³-hybridized carbons (Fsp3) is 0.455. The Bertz CT molecular complexity index is 388. The normalized spacial score (nSPS) is 10.2. The van der Waals surface area contributed by atoms with Crippen molar-refractivity contribution in [3.8, 4) is 0 Å². The molecule has 0 aliphatic heterocycles. The van der Waals surface area contributed by atoms with Crippen LogP contribution in [0.15, 0.2) is 12.3 Å². The molecule has 17 heavy (non-hydrogen) atoms. The van der Waals surface area contributed by atoms with E-state index in [0.717, 1.165) is 30.9 Å². The molecule has 1 aromatic heterocycles. The van der Waals surface area contributed by atoms with Gasteiger partial charge < -0.3 is 10.4 Å². The smallest absolute Gasteiger partial charge is 0.339 e. The van der Waals surface area contributed by atoms with Gasteiger partial charge in [-0.1, -0.05) is 0 Å². The molecular formula is C11H15FN2O2S. The predicted molar refractivity (Wildman–Crippen MR) is 67.3 cm³/mol. The number of halogens is 1. The summed E-state index contributed by atoms with van der Waals surface area (Å²) in [6.07, 6.45) is 5.03. The van der Waals surface area contributed by atoms with Crippen molar-refractivity contribution in [3.05, 3.63) is 23.6 Å². The fourth-order valence-corrected chi connectivity index (χ4v) is 1.81. The van der Waals surface area contributed by atoms with Gasteiger partial charge in [0, 0.05) is 6.54 Å². The number of carbonyl (C=O) groups is 1. The lowest BCUT2D eigenvalue weighted by Crippen LogP contribution is -2.10. The minimum absolute atomic E-state index is 0.130. The van der Waals surface area contributed by atoms with Gasteiger partial charge in [0.15, 0.2) is 0 Å². The fourth-order valence-electron chi connectivity index (χ4n) is 1.32. The Balaban J connectivity index is 2.55. The Morgan fingerprint density at radius 1 is 1.59 bits per heavy atom. The lowest BCUT2D eigenvalue weighted by Gasteiger charge is -2.08. The van der Waals surface area contributed by atoms with E-state index in [0.29, 0.717) is 6.54 Å². The summed E-state index contributed by atoms with van der Waals surface area (Å²) in [5.41, 5.74) is -0.130. The van der Waals surface area contributed by atoms with E-state index in [1.165, 1.54) is 0 Å². The number of anilines is 1. The van der Waals surface area contributed by atoms with Gasteiger partial charge in [0.05, 0.1) is 6.20 Å². The monoisotopic (exact) mass is 258 g/mol. The van der Waals surface area contributed by atoms with Crippen LogP contribution in [0, 0.1) is 5.82 Å². The van der Waals surface area contributed by atoms with Gasteiger partial charge in [0.1, 0.15) is 17.2 Å². The van der Waals surface area contributed by atoms with Crippen LogP contribution in [0.2, 0.25) is 0 Å². The Labute approximate surface area is 104 Å². The molecule has 0 aliphatic carbocycles. The van der Waals surface area contributed by atoms with E-state index >= 15 is 0 Å². The Hall–Kier alpha value is -1.30. The van der Waals surface area contributed by atoms with Gasteiger partial charge in [-0.05, 0) is 30.9 Å². The quantitative estimate of drug-likeness (QED) is 0.736. The predicted octanol–water partition coefficient (Wildman–Crippen LogP) is 2.47. The number of aromatic nitrogens is 1. The molecule has 0 atom stereocenters. The zero-order valence-corrected chi connectivity index (χ0v) is 10.4. The summed E-state index contributed by atoms with van der Waals surface area (Å²) in [4.78, 5) is 14.6. The molecule has 2 N–H and O–H groups in total. The standard InChI is InChI=1S/C11H15FN2O2S/c1-17-5-3-2-4-13-10-9(11(15)16)6-8(12)7-14-10/h6-7H,2-5H2,1H3,(H,13,14)(H,15,16). The first-order valence-corrected chi connectivity index (χ1v) is 6.66. The topological polar surface area (TPSA) is 62.2 Å². The molecule has 0 saturated heterocycles. The van der Waals surface area contributed by atoms with E-state index in [1.54, 1.807) is 11.8 Å². The van der Waals surface area contributed by atoms with Crippen LogP contribution in [0.4, 0.5) is 10.2 Å². The number of hydrogen-bond donors (Lipinski definition) is 2. The molecule has 94 valence electrons. The lowest BCUT2D eigenvalue weighted by atomic mass is 10.2. The molecule has 0 radical (unpaired) electrons. The van der Waals surface area contributed by atoms with Crippen molar-refractivity contribution in [2.45, 2.75) is 12.8 Å². The second-order valence-electron chi connectivity index (χ2n) is 3.48. The first-order chi connectivity index (χ1) is 8.15. The van der Waals surface area contributed by atoms with Crippen LogP contribution in [0.25, 0.3) is 0 Å². The molecule has 1 aromatic rings. The number of rotatable bonds is 7. The molecule has 4 nitrogen and oxygen atoms in total. The second kappa shape index (κ2) is 7.11. The summed E-state index contributed by atoms with van der Waals surface area (Å²) >= 11 is 1.77. The van der Waals surface area contributed by atoms with Gasteiger partial charge >= 0.3 is 5.97 Å². The number of hydrogen-bond acceptors (Lipinski definition) is 4. The zero-order chi connectivity index (χ0) is 12.7. The third kappa shape index (κ3) is 4.60. The molecule has 0 saturated carbocycles. The van der Waals surface area contributed by atoms with Crippen molar-refractivity contribution in [1.82, 2.24) is 4.98 Å². The number of thioether (sulfide) groups is 1. The first-order valence-electron chi connectivity index (χ1n) is 5.27. The van der Waals surface area contributed by atoms with Gasteiger partial charge in [0.2, 0.25) is 0 Å². The highest BCUT2D eigenvalue weighted by molar-refractivity contribution is 7.98. The molecule has 0 fully saturated rings. The summed E-state index contributed by atoms with van der Waals surface area (Å²) in [5, 5.41) is 11.8. The van der Waals surface area contributed by atoms with Crippen LogP contribution in [0.1, 0.15) is 23.2 Å². The largest absolute Gasteiger partial charge is 0.478 e. The lowest BCUT2D eigenvalue weighted by molar-refractivity contribution is 0.0697. The number of carboxylic acid groups (broad SMARTS) is 1. The number of nitrogens with zero attached hydrogens (tertiary/aromatic N) is 1. The van der Waals surface area contributed by atoms with E-state index in [9.17, 15) is 9.18 Å². The molecule has 0 aromatic carbocycles. The highest BCUT2D eigenvalue weighted by Crippen LogP contribution is 2.13.